The van der Waals surface area contributed by atoms with E-state index in [0.717, 1.165) is 22.9 Å². The van der Waals surface area contributed by atoms with Crippen molar-refractivity contribution in [2.45, 2.75) is 56.0 Å². The van der Waals surface area contributed by atoms with E-state index in [9.17, 15) is 4.79 Å². The third kappa shape index (κ3) is 3.06. The molecule has 2 aliphatic rings. The highest BCUT2D eigenvalue weighted by Gasteiger charge is 2.42. The minimum atomic E-state index is -0.209. The van der Waals surface area contributed by atoms with Crippen molar-refractivity contribution in [3.63, 3.8) is 0 Å². The predicted molar refractivity (Wildman–Crippen MR) is 95.9 cm³/mol. The number of fused-ring (bicyclic) bond motifs is 3. The highest BCUT2D eigenvalue weighted by atomic mass is 32.2. The molecule has 24 heavy (non-hydrogen) atoms. The summed E-state index contributed by atoms with van der Waals surface area (Å²) in [7, 11) is 0. The molecule has 2 fully saturated rings. The SMILES string of the molecule is C[C@H](NC(=O)[C@@H](C)Sc1nc2ccccc2o1)[C@@H]1C[C@@H]2CC[C@@H]1C2. The lowest BCUT2D eigenvalue weighted by atomic mass is 9.84. The maximum Gasteiger partial charge on any atom is 0.257 e. The number of amides is 1. The van der Waals surface area contributed by atoms with Gasteiger partial charge < -0.3 is 9.73 Å². The fourth-order valence-corrected chi connectivity index (χ4v) is 5.23. The predicted octanol–water partition coefficient (Wildman–Crippen LogP) is 4.25. The zero-order chi connectivity index (χ0) is 16.7. The Morgan fingerprint density at radius 3 is 2.83 bits per heavy atom. The fraction of sp³-hybridized carbons (Fsp3) is 0.579. The molecule has 4 rings (SSSR count). The van der Waals surface area contributed by atoms with Gasteiger partial charge in [0.1, 0.15) is 5.52 Å². The monoisotopic (exact) mass is 344 g/mol. The first-order valence-electron chi connectivity index (χ1n) is 8.92. The lowest BCUT2D eigenvalue weighted by Gasteiger charge is -2.29. The molecule has 1 N–H and O–H groups in total. The van der Waals surface area contributed by atoms with Gasteiger partial charge in [-0.15, -0.1) is 0 Å². The summed E-state index contributed by atoms with van der Waals surface area (Å²) in [5.41, 5.74) is 1.60. The van der Waals surface area contributed by atoms with Crippen LogP contribution in [0.4, 0.5) is 0 Å². The second-order valence-corrected chi connectivity index (χ2v) is 8.64. The normalized spacial score (nSPS) is 28.2. The molecule has 128 valence electrons. The number of carbonyl (C=O) groups is 1. The van der Waals surface area contributed by atoms with Gasteiger partial charge >= 0.3 is 0 Å². The first-order chi connectivity index (χ1) is 11.6. The van der Waals surface area contributed by atoms with Crippen LogP contribution in [0.15, 0.2) is 33.9 Å². The lowest BCUT2D eigenvalue weighted by Crippen LogP contribution is -2.43. The Morgan fingerprint density at radius 1 is 1.29 bits per heavy atom. The largest absolute Gasteiger partial charge is 0.431 e. The van der Waals surface area contributed by atoms with E-state index in [1.807, 2.05) is 31.2 Å². The molecule has 0 spiro atoms. The number of oxazole rings is 1. The quantitative estimate of drug-likeness (QED) is 0.824. The number of nitrogens with zero attached hydrogens (tertiary/aromatic N) is 1. The molecule has 1 amide bonds. The third-order valence-electron chi connectivity index (χ3n) is 5.73. The summed E-state index contributed by atoms with van der Waals surface area (Å²) in [6, 6.07) is 7.94. The highest BCUT2D eigenvalue weighted by Crippen LogP contribution is 2.49. The van der Waals surface area contributed by atoms with Gasteiger partial charge in [-0.25, -0.2) is 4.98 Å². The lowest BCUT2D eigenvalue weighted by molar-refractivity contribution is -0.121. The molecule has 1 aromatic carbocycles. The van der Waals surface area contributed by atoms with Gasteiger partial charge in [0, 0.05) is 6.04 Å². The van der Waals surface area contributed by atoms with Gasteiger partial charge in [0.2, 0.25) is 5.91 Å². The number of thioether (sulfide) groups is 1. The van der Waals surface area contributed by atoms with Gasteiger partial charge in [-0.3, -0.25) is 4.79 Å². The Kier molecular flexibility index (Phi) is 4.29. The summed E-state index contributed by atoms with van der Waals surface area (Å²) in [5, 5.41) is 3.58. The van der Waals surface area contributed by atoms with Crippen molar-refractivity contribution in [3.8, 4) is 0 Å². The molecule has 2 aliphatic carbocycles. The van der Waals surface area contributed by atoms with Crippen LogP contribution in [0.3, 0.4) is 0 Å². The molecule has 0 aliphatic heterocycles. The van der Waals surface area contributed by atoms with E-state index in [4.69, 9.17) is 4.42 Å². The summed E-state index contributed by atoms with van der Waals surface area (Å²) in [6.45, 7) is 4.09. The number of hydrogen-bond acceptors (Lipinski definition) is 4. The Hall–Kier alpha value is -1.49. The number of hydrogen-bond donors (Lipinski definition) is 1. The molecule has 1 heterocycles. The first kappa shape index (κ1) is 16.0. The molecule has 0 radical (unpaired) electrons. The van der Waals surface area contributed by atoms with E-state index in [1.165, 1.54) is 37.4 Å². The van der Waals surface area contributed by atoms with Gasteiger partial charge in [-0.05, 0) is 63.0 Å². The number of nitrogens with one attached hydrogen (secondary N) is 1. The van der Waals surface area contributed by atoms with Crippen LogP contribution in [-0.2, 0) is 4.79 Å². The van der Waals surface area contributed by atoms with Crippen LogP contribution in [0.25, 0.3) is 11.1 Å². The van der Waals surface area contributed by atoms with Crippen LogP contribution in [0.5, 0.6) is 0 Å². The minimum absolute atomic E-state index is 0.0810. The number of carbonyl (C=O) groups excluding carboxylic acids is 1. The first-order valence-corrected chi connectivity index (χ1v) is 9.80. The molecule has 0 saturated heterocycles. The second-order valence-electron chi connectivity index (χ2n) is 7.34. The van der Waals surface area contributed by atoms with Crippen LogP contribution in [0.1, 0.15) is 39.5 Å². The molecule has 4 nitrogen and oxygen atoms in total. The molecule has 5 atom stereocenters. The van der Waals surface area contributed by atoms with Crippen molar-refractivity contribution < 1.29 is 9.21 Å². The number of benzene rings is 1. The molecule has 0 unspecified atom stereocenters. The Bertz CT molecular complexity index is 711. The van der Waals surface area contributed by atoms with Gasteiger partial charge in [-0.1, -0.05) is 30.3 Å². The average molecular weight is 344 g/mol. The number of aromatic nitrogens is 1. The Labute approximate surface area is 146 Å². The van der Waals surface area contributed by atoms with Crippen molar-refractivity contribution >= 4 is 28.8 Å². The van der Waals surface area contributed by atoms with Crippen LogP contribution >= 0.6 is 11.8 Å². The molecule has 2 bridgehead atoms. The van der Waals surface area contributed by atoms with E-state index in [1.54, 1.807) is 0 Å². The van der Waals surface area contributed by atoms with Crippen molar-refractivity contribution in [1.82, 2.24) is 10.3 Å². The fourth-order valence-electron chi connectivity index (χ4n) is 4.46. The molecule has 1 aromatic heterocycles. The van der Waals surface area contributed by atoms with Crippen LogP contribution in [0.2, 0.25) is 0 Å². The molecular formula is C19H24N2O2S. The maximum atomic E-state index is 12.5. The van der Waals surface area contributed by atoms with Gasteiger partial charge in [0.05, 0.1) is 5.25 Å². The zero-order valence-corrected chi connectivity index (χ0v) is 15.0. The van der Waals surface area contributed by atoms with Crippen LogP contribution in [0, 0.1) is 17.8 Å². The molecule has 2 aromatic rings. The number of rotatable bonds is 5. The van der Waals surface area contributed by atoms with E-state index in [-0.39, 0.29) is 17.2 Å². The van der Waals surface area contributed by atoms with Gasteiger partial charge in [-0.2, -0.15) is 0 Å². The summed E-state index contributed by atoms with van der Waals surface area (Å²) >= 11 is 1.39. The average Bonchev–Trinajstić information content (AvgIpc) is 3.28. The second kappa shape index (κ2) is 6.43. The van der Waals surface area contributed by atoms with E-state index < -0.39 is 0 Å². The van der Waals surface area contributed by atoms with Crippen molar-refractivity contribution in [3.05, 3.63) is 24.3 Å². The zero-order valence-electron chi connectivity index (χ0n) is 14.2. The summed E-state index contributed by atoms with van der Waals surface area (Å²) in [6.07, 6.45) is 5.41. The van der Waals surface area contributed by atoms with Crippen LogP contribution < -0.4 is 5.32 Å². The van der Waals surface area contributed by atoms with Gasteiger partial charge in [0.25, 0.3) is 5.22 Å². The van der Waals surface area contributed by atoms with Crippen molar-refractivity contribution in [2.24, 2.45) is 17.8 Å². The highest BCUT2D eigenvalue weighted by molar-refractivity contribution is 8.00. The Balaban J connectivity index is 1.35. The van der Waals surface area contributed by atoms with E-state index in [0.29, 0.717) is 11.1 Å². The smallest absolute Gasteiger partial charge is 0.257 e. The summed E-state index contributed by atoms with van der Waals surface area (Å²) in [5.74, 6) is 2.47. The van der Waals surface area contributed by atoms with Crippen molar-refractivity contribution in [2.75, 3.05) is 0 Å². The van der Waals surface area contributed by atoms with Crippen molar-refractivity contribution in [1.29, 1.82) is 0 Å². The summed E-state index contributed by atoms with van der Waals surface area (Å²) < 4.78 is 5.71. The molecular weight excluding hydrogens is 320 g/mol. The summed E-state index contributed by atoms with van der Waals surface area (Å²) in [4.78, 5) is 17.0. The standard InChI is InChI=1S/C19H24N2O2S/c1-11(15-10-13-7-8-14(15)9-13)20-18(22)12(2)24-19-21-16-5-3-4-6-17(16)23-19/h3-6,11-15H,7-10H2,1-2H3,(H,20,22)/t11-,12+,13+,14+,15-/m0/s1. The number of para-hydroxylation sites is 2. The van der Waals surface area contributed by atoms with E-state index >= 15 is 0 Å². The van der Waals surface area contributed by atoms with E-state index in [2.05, 4.69) is 17.2 Å². The van der Waals surface area contributed by atoms with Gasteiger partial charge in [0.15, 0.2) is 5.58 Å². The van der Waals surface area contributed by atoms with Crippen LogP contribution in [-0.4, -0.2) is 22.2 Å². The topological polar surface area (TPSA) is 55.1 Å². The third-order valence-corrected chi connectivity index (χ3v) is 6.67. The maximum absolute atomic E-state index is 12.5. The minimum Gasteiger partial charge on any atom is -0.431 e. The molecule has 2 saturated carbocycles. The Morgan fingerprint density at radius 2 is 2.12 bits per heavy atom. The molecule has 5 heteroatoms.